The Kier molecular flexibility index (Phi) is 2.77. The highest BCUT2D eigenvalue weighted by molar-refractivity contribution is 7.88. The first-order chi connectivity index (χ1) is 5.87. The van der Waals surface area contributed by atoms with Crippen molar-refractivity contribution >= 4 is 16.1 Å². The van der Waals surface area contributed by atoms with E-state index in [2.05, 4.69) is 10.0 Å². The Balaban J connectivity index is 2.23. The first-order valence-corrected chi connectivity index (χ1v) is 5.79. The minimum absolute atomic E-state index is 0.0109. The van der Waals surface area contributed by atoms with Gasteiger partial charge in [0.1, 0.15) is 0 Å². The molecule has 0 heterocycles. The molecule has 0 aromatic heterocycles. The van der Waals surface area contributed by atoms with E-state index in [0.29, 0.717) is 12.8 Å². The van der Waals surface area contributed by atoms with Gasteiger partial charge in [0.15, 0.2) is 0 Å². The molecule has 4 N–H and O–H groups in total. The second-order valence-corrected chi connectivity index (χ2v) is 5.04. The number of carbonyl (C=O) groups excluding carboxylic acids is 1. The second kappa shape index (κ2) is 3.51. The molecule has 0 radical (unpaired) electrons. The smallest absolute Gasteiger partial charge is 0.312 e. The normalized spacial score (nSPS) is 27.8. The predicted molar refractivity (Wildman–Crippen MR) is 47.5 cm³/mol. The molecule has 1 aliphatic carbocycles. The molecular weight excluding hydrogens is 194 g/mol. The van der Waals surface area contributed by atoms with Crippen molar-refractivity contribution in [1.29, 1.82) is 0 Å². The van der Waals surface area contributed by atoms with Crippen molar-refractivity contribution in [2.24, 2.45) is 5.73 Å². The Morgan fingerprint density at radius 1 is 1.38 bits per heavy atom. The lowest BCUT2D eigenvalue weighted by Gasteiger charge is -2.35. The van der Waals surface area contributed by atoms with Crippen LogP contribution in [0.2, 0.25) is 0 Å². The quantitative estimate of drug-likeness (QED) is 0.538. The number of primary amides is 1. The molecule has 1 aliphatic rings. The van der Waals surface area contributed by atoms with Gasteiger partial charge in [0.25, 0.3) is 0 Å². The van der Waals surface area contributed by atoms with Crippen LogP contribution >= 0.6 is 0 Å². The highest BCUT2D eigenvalue weighted by atomic mass is 32.2. The van der Waals surface area contributed by atoms with E-state index in [1.54, 1.807) is 0 Å². The van der Waals surface area contributed by atoms with Gasteiger partial charge < -0.3 is 11.1 Å². The molecule has 0 aromatic carbocycles. The summed E-state index contributed by atoms with van der Waals surface area (Å²) in [6.07, 6.45) is 2.33. The number of nitrogens with one attached hydrogen (secondary N) is 2. The minimum atomic E-state index is -3.13. The zero-order chi connectivity index (χ0) is 10.1. The molecule has 0 unspecified atom stereocenters. The summed E-state index contributed by atoms with van der Waals surface area (Å²) in [5.41, 5.74) is 4.89. The zero-order valence-corrected chi connectivity index (χ0v) is 8.10. The number of urea groups is 1. The van der Waals surface area contributed by atoms with E-state index in [0.717, 1.165) is 6.26 Å². The second-order valence-electron chi connectivity index (χ2n) is 3.26. The van der Waals surface area contributed by atoms with Gasteiger partial charge in [-0.15, -0.1) is 0 Å². The van der Waals surface area contributed by atoms with Crippen LogP contribution in [0.5, 0.6) is 0 Å². The van der Waals surface area contributed by atoms with E-state index in [4.69, 9.17) is 5.73 Å². The lowest BCUT2D eigenvalue weighted by molar-refractivity contribution is 0.228. The standard InChI is InChI=1S/C6H13N3O3S/c1-13(11,12)9-5-2-4(3-5)8-6(7)10/h4-5,9H,2-3H2,1H3,(H3,7,8,10). The summed E-state index contributed by atoms with van der Waals surface area (Å²) in [5, 5.41) is 2.50. The fourth-order valence-corrected chi connectivity index (χ4v) is 2.13. The number of hydrogen-bond donors (Lipinski definition) is 3. The zero-order valence-electron chi connectivity index (χ0n) is 7.28. The van der Waals surface area contributed by atoms with Gasteiger partial charge in [0, 0.05) is 12.1 Å². The topological polar surface area (TPSA) is 101 Å². The third-order valence-electron chi connectivity index (χ3n) is 1.87. The highest BCUT2D eigenvalue weighted by Gasteiger charge is 2.31. The van der Waals surface area contributed by atoms with Crippen LogP contribution in [0, 0.1) is 0 Å². The van der Waals surface area contributed by atoms with E-state index >= 15 is 0 Å². The maximum Gasteiger partial charge on any atom is 0.312 e. The van der Waals surface area contributed by atoms with Gasteiger partial charge in [-0.3, -0.25) is 0 Å². The molecule has 0 atom stereocenters. The summed E-state index contributed by atoms with van der Waals surface area (Å²) < 4.78 is 23.9. The molecule has 0 saturated heterocycles. The SMILES string of the molecule is CS(=O)(=O)NC1CC(NC(N)=O)C1. The number of rotatable bonds is 3. The summed E-state index contributed by atoms with van der Waals surface area (Å²) >= 11 is 0. The number of sulfonamides is 1. The summed E-state index contributed by atoms with van der Waals surface area (Å²) in [6, 6.07) is -0.619. The molecule has 1 rings (SSSR count). The van der Waals surface area contributed by atoms with Crippen LogP contribution in [0.25, 0.3) is 0 Å². The third-order valence-corrected chi connectivity index (χ3v) is 2.63. The average molecular weight is 207 g/mol. The van der Waals surface area contributed by atoms with Crippen molar-refractivity contribution in [3.05, 3.63) is 0 Å². The fraction of sp³-hybridized carbons (Fsp3) is 0.833. The lowest BCUT2D eigenvalue weighted by Crippen LogP contribution is -2.54. The van der Waals surface area contributed by atoms with Gasteiger partial charge in [-0.25, -0.2) is 17.9 Å². The summed E-state index contributed by atoms with van der Waals surface area (Å²) in [6.45, 7) is 0. The number of amides is 2. The average Bonchev–Trinajstić information content (AvgIpc) is 1.78. The first kappa shape index (κ1) is 10.3. The fourth-order valence-electron chi connectivity index (χ4n) is 1.34. The molecule has 0 aromatic rings. The summed E-state index contributed by atoms with van der Waals surface area (Å²) in [4.78, 5) is 10.4. The Hall–Kier alpha value is -0.820. The monoisotopic (exact) mass is 207 g/mol. The molecule has 76 valence electrons. The van der Waals surface area contributed by atoms with E-state index in [1.807, 2.05) is 0 Å². The Morgan fingerprint density at radius 2 is 1.92 bits per heavy atom. The number of nitrogens with two attached hydrogens (primary N) is 1. The van der Waals surface area contributed by atoms with Crippen molar-refractivity contribution in [1.82, 2.24) is 10.0 Å². The molecule has 0 spiro atoms. The Bertz CT molecular complexity index is 294. The van der Waals surface area contributed by atoms with Gasteiger partial charge >= 0.3 is 6.03 Å². The molecule has 0 aliphatic heterocycles. The molecule has 0 bridgehead atoms. The van der Waals surface area contributed by atoms with Crippen molar-refractivity contribution in [3.63, 3.8) is 0 Å². The van der Waals surface area contributed by atoms with E-state index in [9.17, 15) is 13.2 Å². The predicted octanol–water partition coefficient (Wildman–Crippen LogP) is -1.27. The van der Waals surface area contributed by atoms with E-state index in [1.165, 1.54) is 0 Å². The molecule has 13 heavy (non-hydrogen) atoms. The number of carbonyl (C=O) groups is 1. The van der Waals surface area contributed by atoms with Crippen molar-refractivity contribution in [2.75, 3.05) is 6.26 Å². The van der Waals surface area contributed by atoms with E-state index in [-0.39, 0.29) is 12.1 Å². The van der Waals surface area contributed by atoms with Crippen molar-refractivity contribution in [2.45, 2.75) is 24.9 Å². The first-order valence-electron chi connectivity index (χ1n) is 3.90. The van der Waals surface area contributed by atoms with Gasteiger partial charge in [-0.05, 0) is 12.8 Å². The van der Waals surface area contributed by atoms with Crippen LogP contribution in [0.3, 0.4) is 0 Å². The Morgan fingerprint density at radius 3 is 2.31 bits per heavy atom. The van der Waals surface area contributed by atoms with Gasteiger partial charge in [-0.1, -0.05) is 0 Å². The Labute approximate surface area is 76.9 Å². The highest BCUT2D eigenvalue weighted by Crippen LogP contribution is 2.20. The molecule has 7 heteroatoms. The maximum absolute atomic E-state index is 10.7. The van der Waals surface area contributed by atoms with Crippen molar-refractivity contribution in [3.8, 4) is 0 Å². The molecule has 2 amide bonds. The van der Waals surface area contributed by atoms with Crippen LogP contribution in [0.15, 0.2) is 0 Å². The summed E-state index contributed by atoms with van der Waals surface area (Å²) in [7, 11) is -3.13. The van der Waals surface area contributed by atoms with Crippen LogP contribution in [0.1, 0.15) is 12.8 Å². The van der Waals surface area contributed by atoms with Gasteiger partial charge in [0.05, 0.1) is 6.26 Å². The van der Waals surface area contributed by atoms with Crippen LogP contribution in [-0.2, 0) is 10.0 Å². The van der Waals surface area contributed by atoms with E-state index < -0.39 is 16.1 Å². The van der Waals surface area contributed by atoms with Gasteiger partial charge in [0.2, 0.25) is 10.0 Å². The molecule has 6 nitrogen and oxygen atoms in total. The largest absolute Gasteiger partial charge is 0.352 e. The molecule has 1 fully saturated rings. The lowest BCUT2D eigenvalue weighted by atomic mass is 9.88. The molecular formula is C6H13N3O3S. The summed E-state index contributed by atoms with van der Waals surface area (Å²) in [5.74, 6) is 0. The maximum atomic E-state index is 10.7. The van der Waals surface area contributed by atoms with Gasteiger partial charge in [-0.2, -0.15) is 0 Å². The van der Waals surface area contributed by atoms with Crippen LogP contribution in [-0.4, -0.2) is 32.8 Å². The number of hydrogen-bond acceptors (Lipinski definition) is 3. The van der Waals surface area contributed by atoms with Crippen LogP contribution < -0.4 is 15.8 Å². The van der Waals surface area contributed by atoms with Crippen molar-refractivity contribution < 1.29 is 13.2 Å². The third kappa shape index (κ3) is 3.60. The van der Waals surface area contributed by atoms with Crippen LogP contribution in [0.4, 0.5) is 4.79 Å². The minimum Gasteiger partial charge on any atom is -0.352 e. The molecule has 1 saturated carbocycles.